The zero-order chi connectivity index (χ0) is 22.6. The minimum absolute atomic E-state index is 0. The van der Waals surface area contributed by atoms with Crippen LogP contribution in [0.25, 0.3) is 11.1 Å². The number of aliphatic hydroxyl groups excluding tert-OH is 1. The van der Waals surface area contributed by atoms with Crippen LogP contribution in [0.4, 0.5) is 19.0 Å². The van der Waals surface area contributed by atoms with Gasteiger partial charge in [0.05, 0.1) is 22.6 Å². The second-order valence-electron chi connectivity index (χ2n) is 6.11. The molecule has 0 radical (unpaired) electrons. The van der Waals surface area contributed by atoms with Crippen molar-refractivity contribution in [2.75, 3.05) is 17.9 Å². The van der Waals surface area contributed by atoms with Gasteiger partial charge in [-0.05, 0) is 42.0 Å². The molecule has 13 heteroatoms. The summed E-state index contributed by atoms with van der Waals surface area (Å²) in [5.41, 5.74) is -0.346. The third kappa shape index (κ3) is 6.33. The minimum atomic E-state index is -4.59. The summed E-state index contributed by atoms with van der Waals surface area (Å²) < 4.78 is 71.5. The van der Waals surface area contributed by atoms with Gasteiger partial charge >= 0.3 is 35.7 Å². The van der Waals surface area contributed by atoms with E-state index in [1.807, 2.05) is 0 Å². The van der Waals surface area contributed by atoms with Crippen molar-refractivity contribution >= 4 is 57.0 Å². The van der Waals surface area contributed by atoms with Crippen LogP contribution in [0.2, 0.25) is 5.02 Å². The molecule has 0 amide bonds. The molecule has 0 aliphatic carbocycles. The van der Waals surface area contributed by atoms with Gasteiger partial charge in [-0.25, -0.2) is 18.4 Å². The second-order valence-corrected chi connectivity index (χ2v) is 8.23. The van der Waals surface area contributed by atoms with Crippen LogP contribution in [-0.2, 0) is 16.2 Å². The molecule has 0 saturated carbocycles. The Morgan fingerprint density at radius 1 is 1.03 bits per heavy atom. The number of aliphatic hydroxyl groups is 1. The Hall–Kier alpha value is -1.89. The standard InChI is InChI=1S/C19H15ClF3N3O4S.Na.H/c20-14-5-1-12(2-6-14)16-17(24-11-25-18(16)30-10-9-27)26-31(28,29)15-7-3-13(4-8-15)19(21,22)23;;/h1-8,11,27H,9-10H2,(H,24,25,26);;. The van der Waals surface area contributed by atoms with Crippen LogP contribution >= 0.6 is 11.6 Å². The van der Waals surface area contributed by atoms with Gasteiger partial charge in [0.25, 0.3) is 10.0 Å². The van der Waals surface area contributed by atoms with Crippen LogP contribution in [0, 0.1) is 0 Å². The fourth-order valence-electron chi connectivity index (χ4n) is 2.58. The fraction of sp³-hybridized carbons (Fsp3) is 0.158. The molecule has 3 rings (SSSR count). The number of rotatable bonds is 7. The van der Waals surface area contributed by atoms with E-state index in [1.54, 1.807) is 24.3 Å². The first-order valence-electron chi connectivity index (χ1n) is 8.66. The number of sulfonamides is 1. The summed E-state index contributed by atoms with van der Waals surface area (Å²) in [5, 5.41) is 9.47. The molecule has 3 aromatic rings. The van der Waals surface area contributed by atoms with Crippen LogP contribution in [0.3, 0.4) is 0 Å². The molecular formula is C19H16ClF3N3NaO4S. The van der Waals surface area contributed by atoms with Crippen molar-refractivity contribution in [3.63, 3.8) is 0 Å². The van der Waals surface area contributed by atoms with Crippen LogP contribution in [0.15, 0.2) is 59.8 Å². The number of nitrogens with zero attached hydrogens (tertiary/aromatic N) is 2. The number of anilines is 1. The molecule has 0 aliphatic rings. The predicted octanol–water partition coefficient (Wildman–Crippen LogP) is 3.34. The predicted molar refractivity (Wildman–Crippen MR) is 114 cm³/mol. The van der Waals surface area contributed by atoms with E-state index in [1.165, 1.54) is 0 Å². The first-order valence-corrected chi connectivity index (χ1v) is 10.5. The number of halogens is 4. The maximum atomic E-state index is 12.8. The van der Waals surface area contributed by atoms with Gasteiger partial charge < -0.3 is 9.84 Å². The van der Waals surface area contributed by atoms with E-state index < -0.39 is 21.8 Å². The van der Waals surface area contributed by atoms with Gasteiger partial charge in [0.15, 0.2) is 5.82 Å². The topological polar surface area (TPSA) is 101 Å². The Bertz CT molecular complexity index is 1160. The number of hydrogen-bond acceptors (Lipinski definition) is 6. The van der Waals surface area contributed by atoms with Gasteiger partial charge in [-0.15, -0.1) is 0 Å². The van der Waals surface area contributed by atoms with Crippen LogP contribution in [-0.4, -0.2) is 66.3 Å². The number of alkyl halides is 3. The third-order valence-corrected chi connectivity index (χ3v) is 5.61. The van der Waals surface area contributed by atoms with E-state index in [2.05, 4.69) is 14.7 Å². The van der Waals surface area contributed by atoms with Gasteiger partial charge in [0.2, 0.25) is 5.88 Å². The van der Waals surface area contributed by atoms with Gasteiger partial charge in [-0.1, -0.05) is 23.7 Å². The zero-order valence-corrected chi connectivity index (χ0v) is 17.2. The summed E-state index contributed by atoms with van der Waals surface area (Å²) in [6, 6.07) is 9.33. The molecule has 166 valence electrons. The van der Waals surface area contributed by atoms with E-state index >= 15 is 0 Å². The average Bonchev–Trinajstić information content (AvgIpc) is 2.72. The monoisotopic (exact) mass is 497 g/mol. The zero-order valence-electron chi connectivity index (χ0n) is 15.6. The summed E-state index contributed by atoms with van der Waals surface area (Å²) in [5.74, 6) is -0.165. The Balaban J connectivity index is 0.00000363. The Labute approximate surface area is 209 Å². The molecule has 0 aliphatic heterocycles. The summed E-state index contributed by atoms with van der Waals surface area (Å²) in [6.45, 7) is -0.417. The number of nitrogens with one attached hydrogen (secondary N) is 1. The van der Waals surface area contributed by atoms with Gasteiger partial charge in [-0.2, -0.15) is 13.2 Å². The molecule has 32 heavy (non-hydrogen) atoms. The van der Waals surface area contributed by atoms with E-state index in [9.17, 15) is 21.6 Å². The molecule has 0 fully saturated rings. The molecule has 2 N–H and O–H groups in total. The molecule has 7 nitrogen and oxygen atoms in total. The summed E-state index contributed by atoms with van der Waals surface area (Å²) in [4.78, 5) is 7.55. The first kappa shape index (κ1) is 26.4. The fourth-order valence-corrected chi connectivity index (χ4v) is 3.73. The first-order chi connectivity index (χ1) is 14.6. The molecule has 1 aromatic heterocycles. The molecule has 1 heterocycles. The van der Waals surface area contributed by atoms with Gasteiger partial charge in [0, 0.05) is 5.02 Å². The van der Waals surface area contributed by atoms with Crippen molar-refractivity contribution in [2.24, 2.45) is 0 Å². The molecule has 0 spiro atoms. The maximum absolute atomic E-state index is 12.8. The second kappa shape index (κ2) is 10.8. The Morgan fingerprint density at radius 3 is 2.22 bits per heavy atom. The molecule has 0 saturated heterocycles. The number of ether oxygens (including phenoxy) is 1. The summed E-state index contributed by atoms with van der Waals surface area (Å²) in [6.07, 6.45) is -3.54. The Kier molecular flexibility index (Phi) is 8.91. The number of hydrogen-bond donors (Lipinski definition) is 2. The van der Waals surface area contributed by atoms with Crippen molar-refractivity contribution in [1.82, 2.24) is 9.97 Å². The molecular weight excluding hydrogens is 482 g/mol. The van der Waals surface area contributed by atoms with Crippen molar-refractivity contribution in [3.05, 3.63) is 65.4 Å². The van der Waals surface area contributed by atoms with Crippen molar-refractivity contribution in [2.45, 2.75) is 11.1 Å². The third-order valence-electron chi connectivity index (χ3n) is 4.00. The van der Waals surface area contributed by atoms with E-state index in [0.717, 1.165) is 18.5 Å². The molecule has 2 aromatic carbocycles. The molecule has 0 atom stereocenters. The summed E-state index contributed by atoms with van der Waals surface area (Å²) >= 11 is 5.91. The van der Waals surface area contributed by atoms with Crippen LogP contribution in [0.1, 0.15) is 5.56 Å². The van der Waals surface area contributed by atoms with E-state index in [4.69, 9.17) is 21.4 Å². The quantitative estimate of drug-likeness (QED) is 0.486. The summed E-state index contributed by atoms with van der Waals surface area (Å²) in [7, 11) is -4.29. The molecule has 0 bridgehead atoms. The number of benzene rings is 2. The number of aromatic nitrogens is 2. The molecule has 0 unspecified atom stereocenters. The van der Waals surface area contributed by atoms with Crippen molar-refractivity contribution < 1.29 is 31.4 Å². The van der Waals surface area contributed by atoms with E-state index in [-0.39, 0.29) is 64.9 Å². The SMILES string of the molecule is O=S(=O)(Nc1ncnc(OCCO)c1-c1ccc(Cl)cc1)c1ccc(C(F)(F)F)cc1.[NaH]. The van der Waals surface area contributed by atoms with Crippen molar-refractivity contribution in [3.8, 4) is 17.0 Å². The van der Waals surface area contributed by atoms with Crippen LogP contribution < -0.4 is 9.46 Å². The van der Waals surface area contributed by atoms with E-state index in [0.29, 0.717) is 22.7 Å². The van der Waals surface area contributed by atoms with Gasteiger partial charge in [0.1, 0.15) is 12.9 Å². The van der Waals surface area contributed by atoms with Crippen molar-refractivity contribution in [1.29, 1.82) is 0 Å². The normalized spacial score (nSPS) is 11.5. The average molecular weight is 498 g/mol. The van der Waals surface area contributed by atoms with Crippen LogP contribution in [0.5, 0.6) is 5.88 Å². The van der Waals surface area contributed by atoms with Gasteiger partial charge in [-0.3, -0.25) is 4.72 Å². The Morgan fingerprint density at radius 2 is 1.66 bits per heavy atom.